The fourth-order valence-corrected chi connectivity index (χ4v) is 5.01. The van der Waals surface area contributed by atoms with Crippen molar-refractivity contribution >= 4 is 17.7 Å². The van der Waals surface area contributed by atoms with E-state index in [1.165, 1.54) is 16.7 Å². The summed E-state index contributed by atoms with van der Waals surface area (Å²) in [5.74, 6) is 0. The van der Waals surface area contributed by atoms with Crippen molar-refractivity contribution in [1.82, 2.24) is 0 Å². The molecule has 0 saturated carbocycles. The molecule has 158 valence electrons. The lowest BCUT2D eigenvalue weighted by Gasteiger charge is -2.14. The van der Waals surface area contributed by atoms with Gasteiger partial charge in [0.2, 0.25) is 0 Å². The Hall–Kier alpha value is -0.720. The van der Waals surface area contributed by atoms with Crippen molar-refractivity contribution in [3.63, 3.8) is 0 Å². The van der Waals surface area contributed by atoms with E-state index in [0.29, 0.717) is 19.3 Å². The van der Waals surface area contributed by atoms with Gasteiger partial charge in [-0.2, -0.15) is 8.42 Å². The molecule has 27 heavy (non-hydrogen) atoms. The van der Waals surface area contributed by atoms with E-state index in [9.17, 15) is 13.0 Å². The molecule has 0 aromatic rings. The van der Waals surface area contributed by atoms with Crippen LogP contribution in [0.15, 0.2) is 34.9 Å². The largest absolute Gasteiger partial charge is 0.346 e. The predicted octanol–water partition coefficient (Wildman–Crippen LogP) is 5.36. The summed E-state index contributed by atoms with van der Waals surface area (Å²) in [7, 11) is -9.61. The molecule has 0 aliphatic carbocycles. The molecular weight excluding hydrogens is 387 g/mol. The maximum atomic E-state index is 11.2. The van der Waals surface area contributed by atoms with Crippen molar-refractivity contribution in [1.29, 1.82) is 0 Å². The Kier molecular flexibility index (Phi) is 12.3. The Labute approximate surface area is 164 Å². The van der Waals surface area contributed by atoms with E-state index in [1.54, 1.807) is 0 Å². The van der Waals surface area contributed by atoms with E-state index < -0.39 is 22.7 Å². The number of unbranched alkanes of at least 4 members (excludes halogenated alkanes) is 2. The molecule has 0 heterocycles. The molecule has 6 nitrogen and oxygen atoms in total. The Morgan fingerprint density at radius 3 is 1.81 bits per heavy atom. The zero-order valence-corrected chi connectivity index (χ0v) is 18.6. The highest BCUT2D eigenvalue weighted by Gasteiger charge is 2.38. The summed E-state index contributed by atoms with van der Waals surface area (Å²) in [5.41, 5.74) is 3.96. The third-order valence-electron chi connectivity index (χ3n) is 4.24. The van der Waals surface area contributed by atoms with Gasteiger partial charge in [-0.15, -0.1) is 0 Å². The van der Waals surface area contributed by atoms with Crippen LogP contribution in [0.4, 0.5) is 0 Å². The molecule has 0 spiro atoms. The highest BCUT2D eigenvalue weighted by Crippen LogP contribution is 2.46. The summed E-state index contributed by atoms with van der Waals surface area (Å²) in [6.07, 6.45) is 12.0. The highest BCUT2D eigenvalue weighted by molar-refractivity contribution is 7.93. The predicted molar refractivity (Wildman–Crippen MR) is 111 cm³/mol. The van der Waals surface area contributed by atoms with Crippen LogP contribution in [0.3, 0.4) is 0 Å². The smallest absolute Gasteiger partial charge is 0.323 e. The minimum absolute atomic E-state index is 0.246. The second kappa shape index (κ2) is 12.7. The van der Waals surface area contributed by atoms with Gasteiger partial charge in [0.15, 0.2) is 4.99 Å². The lowest BCUT2D eigenvalue weighted by atomic mass is 10.1. The molecule has 0 amide bonds. The first-order valence-corrected chi connectivity index (χ1v) is 12.5. The Balaban J connectivity index is 4.19. The van der Waals surface area contributed by atoms with Crippen LogP contribution >= 0.6 is 7.60 Å². The van der Waals surface area contributed by atoms with Crippen LogP contribution in [-0.4, -0.2) is 27.7 Å². The number of hydrogen-bond acceptors (Lipinski definition) is 3. The molecule has 0 aromatic carbocycles. The van der Waals surface area contributed by atoms with Gasteiger partial charge in [-0.1, -0.05) is 41.4 Å². The quantitative estimate of drug-likeness (QED) is 0.159. The van der Waals surface area contributed by atoms with Gasteiger partial charge in [-0.05, 0) is 72.6 Å². The monoisotopic (exact) mass is 422 g/mol. The van der Waals surface area contributed by atoms with Crippen LogP contribution in [-0.2, 0) is 14.7 Å². The molecule has 0 fully saturated rings. The summed E-state index contributed by atoms with van der Waals surface area (Å²) in [5, 5.41) is 0. The van der Waals surface area contributed by atoms with Gasteiger partial charge in [-0.25, -0.2) is 0 Å². The fourth-order valence-electron chi connectivity index (χ4n) is 2.64. The van der Waals surface area contributed by atoms with Crippen LogP contribution in [0.5, 0.6) is 0 Å². The van der Waals surface area contributed by atoms with Gasteiger partial charge in [0.05, 0.1) is 0 Å². The topological polar surface area (TPSA) is 112 Å². The number of allylic oxidation sites excluding steroid dienone is 6. The van der Waals surface area contributed by atoms with E-state index in [-0.39, 0.29) is 6.42 Å². The van der Waals surface area contributed by atoms with Crippen LogP contribution in [0, 0.1) is 0 Å². The van der Waals surface area contributed by atoms with Crippen LogP contribution in [0.1, 0.15) is 79.1 Å². The Morgan fingerprint density at radius 2 is 1.37 bits per heavy atom. The molecule has 0 saturated heterocycles. The second-order valence-electron chi connectivity index (χ2n) is 7.30. The van der Waals surface area contributed by atoms with Crippen molar-refractivity contribution in [2.45, 2.75) is 84.1 Å². The van der Waals surface area contributed by atoms with E-state index >= 15 is 0 Å². The summed E-state index contributed by atoms with van der Waals surface area (Å²) in [4.78, 5) is 16.0. The number of hydrogen-bond donors (Lipinski definition) is 3. The minimum Gasteiger partial charge on any atom is -0.323 e. The maximum Gasteiger partial charge on any atom is 0.346 e. The van der Waals surface area contributed by atoms with E-state index in [4.69, 9.17) is 14.3 Å². The van der Waals surface area contributed by atoms with Gasteiger partial charge in [0.1, 0.15) is 0 Å². The van der Waals surface area contributed by atoms with E-state index in [1.807, 2.05) is 6.92 Å². The van der Waals surface area contributed by atoms with Crippen LogP contribution < -0.4 is 0 Å². The summed E-state index contributed by atoms with van der Waals surface area (Å²) < 4.78 is 42.2. The van der Waals surface area contributed by atoms with E-state index in [2.05, 4.69) is 39.0 Å². The minimum atomic E-state index is -4.87. The van der Waals surface area contributed by atoms with Crippen molar-refractivity contribution in [3.8, 4) is 0 Å². The highest BCUT2D eigenvalue weighted by atomic mass is 32.2. The van der Waals surface area contributed by atoms with Gasteiger partial charge in [-0.3, -0.25) is 9.12 Å². The van der Waals surface area contributed by atoms with Crippen LogP contribution in [0.25, 0.3) is 0 Å². The zero-order chi connectivity index (χ0) is 21.1. The first-order chi connectivity index (χ1) is 12.3. The van der Waals surface area contributed by atoms with Gasteiger partial charge >= 0.3 is 7.60 Å². The Bertz CT molecular complexity index is 681. The van der Waals surface area contributed by atoms with Crippen molar-refractivity contribution < 1.29 is 27.3 Å². The molecule has 0 aliphatic rings. The Morgan fingerprint density at radius 1 is 0.889 bits per heavy atom. The van der Waals surface area contributed by atoms with Crippen molar-refractivity contribution in [2.24, 2.45) is 0 Å². The average Bonchev–Trinajstić information content (AvgIpc) is 2.47. The third-order valence-corrected chi connectivity index (χ3v) is 7.79. The summed E-state index contributed by atoms with van der Waals surface area (Å²) in [6, 6.07) is 0. The average molecular weight is 423 g/mol. The molecule has 0 radical (unpaired) electrons. The third kappa shape index (κ3) is 14.0. The van der Waals surface area contributed by atoms with Crippen LogP contribution in [0.2, 0.25) is 0 Å². The standard InChI is InChI=1S/C19H35O6PS/c1-16(2)10-8-12-18(4)14-9-13-17(3)11-6-5-7-15-19(26(20,21)22)27(23,24)25/h10-11,14,19H,5-9,12-13,15H2,1-4H3,(H2,20,21,22)(H,23,24,25)/b17-11+,18-14+. The lowest BCUT2D eigenvalue weighted by Crippen LogP contribution is -2.20. The molecule has 1 atom stereocenters. The van der Waals surface area contributed by atoms with Gasteiger partial charge < -0.3 is 9.79 Å². The van der Waals surface area contributed by atoms with Gasteiger partial charge in [0.25, 0.3) is 10.1 Å². The lowest BCUT2D eigenvalue weighted by molar-refractivity contribution is 0.360. The summed E-state index contributed by atoms with van der Waals surface area (Å²) in [6.45, 7) is 8.39. The molecule has 0 bridgehead atoms. The first kappa shape index (κ1) is 26.3. The second-order valence-corrected chi connectivity index (χ2v) is 11.1. The molecule has 0 rings (SSSR count). The number of rotatable bonds is 13. The van der Waals surface area contributed by atoms with Crippen molar-refractivity contribution in [3.05, 3.63) is 34.9 Å². The maximum absolute atomic E-state index is 11.2. The molecule has 8 heteroatoms. The first-order valence-electron chi connectivity index (χ1n) is 9.30. The van der Waals surface area contributed by atoms with Crippen molar-refractivity contribution in [2.75, 3.05) is 0 Å². The van der Waals surface area contributed by atoms with Gasteiger partial charge in [0, 0.05) is 0 Å². The SMILES string of the molecule is CC(C)=CCC/C(C)=C/CC/C(C)=C/CCCCC(P(=O)(O)O)S(=O)(=O)O. The molecular formula is C19H35O6PS. The molecule has 3 N–H and O–H groups in total. The zero-order valence-electron chi connectivity index (χ0n) is 16.9. The molecule has 1 unspecified atom stereocenters. The molecule has 0 aliphatic heterocycles. The summed E-state index contributed by atoms with van der Waals surface area (Å²) >= 11 is 0. The van der Waals surface area contributed by atoms with E-state index in [0.717, 1.165) is 25.7 Å². The fraction of sp³-hybridized carbons (Fsp3) is 0.684. The normalized spacial score (nSPS) is 14.9. The molecule has 0 aromatic heterocycles.